The van der Waals surface area contributed by atoms with Crippen LogP contribution in [0.15, 0.2) is 12.1 Å². The van der Waals surface area contributed by atoms with Gasteiger partial charge in [0.1, 0.15) is 5.69 Å². The molecule has 1 aromatic rings. The first-order chi connectivity index (χ1) is 16.8. The fraction of sp³-hybridized carbons (Fsp3) is 0.778. The van der Waals surface area contributed by atoms with E-state index in [0.29, 0.717) is 57.6 Å². The Morgan fingerprint density at radius 1 is 1.14 bits per heavy atom. The molecular weight excluding hydrogens is 444 g/mol. The van der Waals surface area contributed by atoms with E-state index in [1.54, 1.807) is 7.11 Å². The summed E-state index contributed by atoms with van der Waals surface area (Å²) in [6.45, 7) is 14.8. The Morgan fingerprint density at radius 2 is 1.89 bits per heavy atom. The Labute approximate surface area is 211 Å². The van der Waals surface area contributed by atoms with Crippen LogP contribution in [0.3, 0.4) is 0 Å². The molecule has 2 amide bonds. The molecule has 198 valence electrons. The molecule has 2 saturated heterocycles. The minimum absolute atomic E-state index is 0.00650. The first-order valence-corrected chi connectivity index (χ1v) is 13.4. The summed E-state index contributed by atoms with van der Waals surface area (Å²) < 4.78 is 12.9. The average molecular weight is 491 g/mol. The third-order valence-corrected chi connectivity index (χ3v) is 7.07. The van der Waals surface area contributed by atoms with Crippen molar-refractivity contribution < 1.29 is 19.1 Å². The maximum absolute atomic E-state index is 14.0. The van der Waals surface area contributed by atoms with Gasteiger partial charge in [0.15, 0.2) is 0 Å². The SMILES string of the molecule is COCCCCn1c(C(=O)N(CC(C)C)[C@@H]2CNC[C@H](C(=O)N3CCOCC3)C2)ccc1C(C)C. The summed E-state index contributed by atoms with van der Waals surface area (Å²) in [5.74, 6) is 0.824. The molecule has 35 heavy (non-hydrogen) atoms. The third-order valence-electron chi connectivity index (χ3n) is 7.07. The topological polar surface area (TPSA) is 76.0 Å². The minimum Gasteiger partial charge on any atom is -0.385 e. The number of aromatic nitrogens is 1. The van der Waals surface area contributed by atoms with E-state index in [-0.39, 0.29) is 23.8 Å². The van der Waals surface area contributed by atoms with E-state index in [9.17, 15) is 9.59 Å². The summed E-state index contributed by atoms with van der Waals surface area (Å²) in [7, 11) is 1.73. The number of hydrogen-bond donors (Lipinski definition) is 1. The lowest BCUT2D eigenvalue weighted by atomic mass is 9.92. The van der Waals surface area contributed by atoms with Crippen LogP contribution in [0.25, 0.3) is 0 Å². The third kappa shape index (κ3) is 7.30. The van der Waals surface area contributed by atoms with Crippen LogP contribution in [0.4, 0.5) is 0 Å². The highest BCUT2D eigenvalue weighted by Gasteiger charge is 2.36. The van der Waals surface area contributed by atoms with Crippen molar-refractivity contribution in [2.45, 2.75) is 65.5 Å². The molecule has 0 spiro atoms. The highest BCUT2D eigenvalue weighted by atomic mass is 16.5. The van der Waals surface area contributed by atoms with Crippen molar-refractivity contribution in [1.29, 1.82) is 0 Å². The molecule has 2 aliphatic rings. The van der Waals surface area contributed by atoms with E-state index in [1.165, 1.54) is 5.69 Å². The number of hydrogen-bond acceptors (Lipinski definition) is 5. The second-order valence-electron chi connectivity index (χ2n) is 10.7. The van der Waals surface area contributed by atoms with Crippen molar-refractivity contribution in [3.05, 3.63) is 23.5 Å². The molecular formula is C27H46N4O4. The number of nitrogens with zero attached hydrogens (tertiary/aromatic N) is 3. The molecule has 2 fully saturated rings. The van der Waals surface area contributed by atoms with Crippen molar-refractivity contribution in [2.24, 2.45) is 11.8 Å². The largest absolute Gasteiger partial charge is 0.385 e. The standard InChI is InChI=1S/C27H46N4O4/c1-20(2)19-31(23-16-22(17-28-18-23)26(32)29-11-14-35-15-12-29)27(33)25-9-8-24(21(3)4)30(25)10-6-7-13-34-5/h8-9,20-23,28H,6-7,10-19H2,1-5H3/t22-,23+/m1/s1. The fourth-order valence-electron chi connectivity index (χ4n) is 5.27. The summed E-state index contributed by atoms with van der Waals surface area (Å²) in [4.78, 5) is 31.2. The van der Waals surface area contributed by atoms with Crippen LogP contribution in [-0.2, 0) is 20.8 Å². The zero-order valence-corrected chi connectivity index (χ0v) is 22.4. The first-order valence-electron chi connectivity index (χ1n) is 13.4. The van der Waals surface area contributed by atoms with Crippen LogP contribution in [0.1, 0.15) is 69.1 Å². The van der Waals surface area contributed by atoms with Gasteiger partial charge in [-0.25, -0.2) is 0 Å². The molecule has 0 unspecified atom stereocenters. The molecule has 8 nitrogen and oxygen atoms in total. The zero-order chi connectivity index (χ0) is 25.4. The van der Waals surface area contributed by atoms with Gasteiger partial charge in [-0.05, 0) is 43.2 Å². The zero-order valence-electron chi connectivity index (χ0n) is 22.4. The Kier molecular flexibility index (Phi) is 10.6. The van der Waals surface area contributed by atoms with Crippen LogP contribution >= 0.6 is 0 Å². The van der Waals surface area contributed by atoms with E-state index in [0.717, 1.165) is 38.2 Å². The molecule has 0 radical (unpaired) electrons. The second-order valence-corrected chi connectivity index (χ2v) is 10.7. The Balaban J connectivity index is 1.79. The van der Waals surface area contributed by atoms with Gasteiger partial charge in [-0.1, -0.05) is 27.7 Å². The van der Waals surface area contributed by atoms with Crippen molar-refractivity contribution in [1.82, 2.24) is 19.7 Å². The highest BCUT2D eigenvalue weighted by Crippen LogP contribution is 2.25. The van der Waals surface area contributed by atoms with E-state index >= 15 is 0 Å². The summed E-state index contributed by atoms with van der Waals surface area (Å²) in [5.41, 5.74) is 1.95. The van der Waals surface area contributed by atoms with Gasteiger partial charge in [0.2, 0.25) is 5.91 Å². The number of nitrogens with one attached hydrogen (secondary N) is 1. The van der Waals surface area contributed by atoms with Crippen molar-refractivity contribution >= 4 is 11.8 Å². The Hall–Kier alpha value is -1.90. The molecule has 0 saturated carbocycles. The number of rotatable bonds is 11. The quantitative estimate of drug-likeness (QED) is 0.483. The van der Waals surface area contributed by atoms with E-state index in [4.69, 9.17) is 9.47 Å². The molecule has 2 aliphatic heterocycles. The van der Waals surface area contributed by atoms with Crippen LogP contribution in [-0.4, -0.2) is 91.9 Å². The summed E-state index contributed by atoms with van der Waals surface area (Å²) in [6, 6.07) is 4.09. The maximum Gasteiger partial charge on any atom is 0.270 e. The van der Waals surface area contributed by atoms with Crippen molar-refractivity contribution in [2.75, 3.05) is 59.7 Å². The van der Waals surface area contributed by atoms with Gasteiger partial charge in [0.05, 0.1) is 19.1 Å². The molecule has 2 atom stereocenters. The number of ether oxygens (including phenoxy) is 2. The van der Waals surface area contributed by atoms with Gasteiger partial charge in [0.25, 0.3) is 5.91 Å². The van der Waals surface area contributed by atoms with Gasteiger partial charge in [-0.15, -0.1) is 0 Å². The first kappa shape index (κ1) is 27.7. The molecule has 0 aromatic carbocycles. The predicted octanol–water partition coefficient (Wildman–Crippen LogP) is 2.97. The fourth-order valence-corrected chi connectivity index (χ4v) is 5.27. The summed E-state index contributed by atoms with van der Waals surface area (Å²) >= 11 is 0. The van der Waals surface area contributed by atoms with Crippen LogP contribution in [0, 0.1) is 11.8 Å². The summed E-state index contributed by atoms with van der Waals surface area (Å²) in [5, 5.41) is 3.46. The Morgan fingerprint density at radius 3 is 2.54 bits per heavy atom. The second kappa shape index (κ2) is 13.4. The van der Waals surface area contributed by atoms with Gasteiger partial charge >= 0.3 is 0 Å². The number of methoxy groups -OCH3 is 1. The number of carbonyl (C=O) groups is 2. The number of carbonyl (C=O) groups excluding carboxylic acids is 2. The highest BCUT2D eigenvalue weighted by molar-refractivity contribution is 5.93. The monoisotopic (exact) mass is 490 g/mol. The number of piperidine rings is 1. The lowest BCUT2D eigenvalue weighted by Crippen LogP contribution is -2.56. The molecule has 0 bridgehead atoms. The molecule has 0 aliphatic carbocycles. The van der Waals surface area contributed by atoms with Gasteiger partial charge in [0, 0.05) is 64.7 Å². The van der Waals surface area contributed by atoms with E-state index < -0.39 is 0 Å². The summed E-state index contributed by atoms with van der Waals surface area (Å²) in [6.07, 6.45) is 2.63. The van der Waals surface area contributed by atoms with Gasteiger partial charge in [-0.3, -0.25) is 9.59 Å². The van der Waals surface area contributed by atoms with Crippen LogP contribution in [0.2, 0.25) is 0 Å². The number of morpholine rings is 1. The molecule has 1 aromatic heterocycles. The van der Waals surface area contributed by atoms with Crippen molar-refractivity contribution in [3.8, 4) is 0 Å². The number of amides is 2. The van der Waals surface area contributed by atoms with Gasteiger partial charge < -0.3 is 29.2 Å². The molecule has 8 heteroatoms. The van der Waals surface area contributed by atoms with Gasteiger partial charge in [-0.2, -0.15) is 0 Å². The lowest BCUT2D eigenvalue weighted by molar-refractivity contribution is -0.140. The Bertz CT molecular complexity index is 816. The van der Waals surface area contributed by atoms with Crippen LogP contribution in [0.5, 0.6) is 0 Å². The maximum atomic E-state index is 14.0. The minimum atomic E-state index is -0.110. The van der Waals surface area contributed by atoms with E-state index in [2.05, 4.69) is 43.6 Å². The molecule has 1 N–H and O–H groups in total. The number of unbranched alkanes of at least 4 members (excludes halogenated alkanes) is 1. The molecule has 3 rings (SSSR count). The average Bonchev–Trinajstić information content (AvgIpc) is 3.29. The normalized spacial score (nSPS) is 21.1. The smallest absolute Gasteiger partial charge is 0.270 e. The molecule has 3 heterocycles. The lowest BCUT2D eigenvalue weighted by Gasteiger charge is -2.40. The predicted molar refractivity (Wildman–Crippen MR) is 138 cm³/mol. The van der Waals surface area contributed by atoms with Crippen LogP contribution < -0.4 is 5.32 Å². The van der Waals surface area contributed by atoms with Crippen molar-refractivity contribution in [3.63, 3.8) is 0 Å². The van der Waals surface area contributed by atoms with E-state index in [1.807, 2.05) is 15.9 Å².